The van der Waals surface area contributed by atoms with E-state index in [4.69, 9.17) is 10.5 Å². The molecule has 0 radical (unpaired) electrons. The van der Waals surface area contributed by atoms with Gasteiger partial charge in [-0.05, 0) is 71.6 Å². The Balaban J connectivity index is 3.51. The monoisotopic (exact) mass is 532 g/mol. The second-order valence-corrected chi connectivity index (χ2v) is 11.2. The first kappa shape index (κ1) is 32.9. The fraction of sp³-hybridized carbons (Fsp3) is 0.655. The van der Waals surface area contributed by atoms with E-state index in [0.29, 0.717) is 12.0 Å². The molecule has 0 heterocycles. The minimum atomic E-state index is -1.28. The number of rotatable bonds is 14. The van der Waals surface area contributed by atoms with Crippen molar-refractivity contribution in [1.29, 1.82) is 0 Å². The van der Waals surface area contributed by atoms with Gasteiger partial charge in [0.2, 0.25) is 17.7 Å². The SMILES string of the molecule is CCCCCCCN(C(=O)C(CC(N)=O)NC(=O)OC(C)(C)C)C(C(=O)NC(C)C)c1ccc(C)c(C)c1. The van der Waals surface area contributed by atoms with Gasteiger partial charge in [0.25, 0.3) is 0 Å². The lowest BCUT2D eigenvalue weighted by atomic mass is 9.97. The van der Waals surface area contributed by atoms with Crippen LogP contribution in [0.3, 0.4) is 0 Å². The topological polar surface area (TPSA) is 131 Å². The summed E-state index contributed by atoms with van der Waals surface area (Å²) in [5, 5.41) is 5.45. The zero-order valence-electron chi connectivity index (χ0n) is 24.5. The van der Waals surface area contributed by atoms with E-state index >= 15 is 0 Å². The maximum Gasteiger partial charge on any atom is 0.408 e. The lowest BCUT2D eigenvalue weighted by Crippen LogP contribution is -2.54. The van der Waals surface area contributed by atoms with E-state index in [0.717, 1.165) is 36.8 Å². The second kappa shape index (κ2) is 15.3. The van der Waals surface area contributed by atoms with Gasteiger partial charge >= 0.3 is 6.09 Å². The zero-order chi connectivity index (χ0) is 29.0. The molecule has 0 aliphatic heterocycles. The van der Waals surface area contributed by atoms with E-state index in [9.17, 15) is 19.2 Å². The Kier molecular flexibility index (Phi) is 13.3. The Morgan fingerprint density at radius 1 is 0.974 bits per heavy atom. The van der Waals surface area contributed by atoms with Crippen LogP contribution in [-0.4, -0.2) is 52.9 Å². The minimum Gasteiger partial charge on any atom is -0.444 e. The molecule has 1 aromatic rings. The molecule has 0 aliphatic rings. The maximum absolute atomic E-state index is 14.0. The first-order chi connectivity index (χ1) is 17.7. The molecule has 4 N–H and O–H groups in total. The van der Waals surface area contributed by atoms with Crippen molar-refractivity contribution in [2.75, 3.05) is 6.54 Å². The van der Waals surface area contributed by atoms with Gasteiger partial charge in [-0.1, -0.05) is 50.8 Å². The number of hydrogen-bond acceptors (Lipinski definition) is 5. The Morgan fingerprint density at radius 2 is 1.61 bits per heavy atom. The van der Waals surface area contributed by atoms with Crippen molar-refractivity contribution in [3.8, 4) is 0 Å². The van der Waals surface area contributed by atoms with Crippen molar-refractivity contribution >= 4 is 23.8 Å². The lowest BCUT2D eigenvalue weighted by molar-refractivity contribution is -0.143. The van der Waals surface area contributed by atoms with Crippen LogP contribution in [-0.2, 0) is 19.1 Å². The number of ether oxygens (including phenoxy) is 1. The number of benzene rings is 1. The van der Waals surface area contributed by atoms with Crippen LogP contribution in [0.15, 0.2) is 18.2 Å². The van der Waals surface area contributed by atoms with Crippen LogP contribution in [0.2, 0.25) is 0 Å². The Labute approximate surface area is 228 Å². The molecular formula is C29H48N4O5. The third-order valence-electron chi connectivity index (χ3n) is 6.02. The number of carbonyl (C=O) groups excluding carboxylic acids is 4. The summed E-state index contributed by atoms with van der Waals surface area (Å²) in [5.74, 6) is -1.65. The molecule has 9 heteroatoms. The summed E-state index contributed by atoms with van der Waals surface area (Å²) < 4.78 is 5.33. The number of primary amides is 1. The van der Waals surface area contributed by atoms with Gasteiger partial charge in [0, 0.05) is 12.6 Å². The predicted molar refractivity (Wildman–Crippen MR) is 149 cm³/mol. The van der Waals surface area contributed by atoms with Crippen LogP contribution in [0.1, 0.15) is 103 Å². The lowest BCUT2D eigenvalue weighted by Gasteiger charge is -2.35. The van der Waals surface area contributed by atoms with E-state index in [1.807, 2.05) is 45.9 Å². The van der Waals surface area contributed by atoms with Crippen LogP contribution in [0.5, 0.6) is 0 Å². The van der Waals surface area contributed by atoms with E-state index in [2.05, 4.69) is 17.6 Å². The highest BCUT2D eigenvalue weighted by Crippen LogP contribution is 2.26. The molecule has 0 aromatic heterocycles. The summed E-state index contributed by atoms with van der Waals surface area (Å²) in [6.45, 7) is 15.1. The largest absolute Gasteiger partial charge is 0.444 e. The molecule has 0 fully saturated rings. The number of nitrogens with two attached hydrogens (primary N) is 1. The van der Waals surface area contributed by atoms with Crippen LogP contribution in [0, 0.1) is 13.8 Å². The van der Waals surface area contributed by atoms with Gasteiger partial charge in [-0.2, -0.15) is 0 Å². The van der Waals surface area contributed by atoms with E-state index in [-0.39, 0.29) is 18.5 Å². The van der Waals surface area contributed by atoms with Crippen molar-refractivity contribution in [2.45, 2.75) is 118 Å². The number of alkyl carbamates (subject to hydrolysis) is 1. The number of unbranched alkanes of at least 4 members (excludes halogenated alkanes) is 4. The summed E-state index contributed by atoms with van der Waals surface area (Å²) in [7, 11) is 0. The van der Waals surface area contributed by atoms with E-state index < -0.39 is 42.0 Å². The Bertz CT molecular complexity index is 955. The van der Waals surface area contributed by atoms with Crippen LogP contribution >= 0.6 is 0 Å². The first-order valence-corrected chi connectivity index (χ1v) is 13.6. The van der Waals surface area contributed by atoms with Crippen molar-refractivity contribution < 1.29 is 23.9 Å². The quantitative estimate of drug-likeness (QED) is 0.305. The molecule has 38 heavy (non-hydrogen) atoms. The molecule has 4 amide bonds. The number of hydrogen-bond donors (Lipinski definition) is 3. The highest BCUT2D eigenvalue weighted by Gasteiger charge is 2.37. The van der Waals surface area contributed by atoms with Gasteiger partial charge in [-0.15, -0.1) is 0 Å². The molecule has 0 saturated carbocycles. The average molecular weight is 533 g/mol. The summed E-state index contributed by atoms with van der Waals surface area (Å²) in [5.41, 5.74) is 7.36. The van der Waals surface area contributed by atoms with Crippen molar-refractivity contribution in [1.82, 2.24) is 15.5 Å². The third-order valence-corrected chi connectivity index (χ3v) is 6.02. The minimum absolute atomic E-state index is 0.153. The molecular weight excluding hydrogens is 484 g/mol. The highest BCUT2D eigenvalue weighted by molar-refractivity contribution is 5.94. The molecule has 2 unspecified atom stereocenters. The molecule has 214 valence electrons. The Hall–Kier alpha value is -3.10. The molecule has 1 aromatic carbocycles. The maximum atomic E-state index is 14.0. The van der Waals surface area contributed by atoms with Crippen molar-refractivity contribution in [2.24, 2.45) is 5.73 Å². The van der Waals surface area contributed by atoms with Gasteiger partial charge in [0.1, 0.15) is 17.7 Å². The van der Waals surface area contributed by atoms with E-state index in [1.54, 1.807) is 20.8 Å². The number of carbonyl (C=O) groups is 4. The van der Waals surface area contributed by atoms with Crippen LogP contribution < -0.4 is 16.4 Å². The Morgan fingerprint density at radius 3 is 2.13 bits per heavy atom. The molecule has 1 rings (SSSR count). The number of aryl methyl sites for hydroxylation is 2. The third kappa shape index (κ3) is 11.5. The fourth-order valence-corrected chi connectivity index (χ4v) is 4.07. The van der Waals surface area contributed by atoms with Crippen LogP contribution in [0.4, 0.5) is 4.79 Å². The van der Waals surface area contributed by atoms with Crippen molar-refractivity contribution in [3.63, 3.8) is 0 Å². The molecule has 9 nitrogen and oxygen atoms in total. The number of nitrogens with one attached hydrogen (secondary N) is 2. The van der Waals surface area contributed by atoms with Crippen LogP contribution in [0.25, 0.3) is 0 Å². The van der Waals surface area contributed by atoms with Gasteiger partial charge in [0.15, 0.2) is 0 Å². The normalized spacial score (nSPS) is 13.0. The summed E-state index contributed by atoms with van der Waals surface area (Å²) in [6.07, 6.45) is 3.44. The second-order valence-electron chi connectivity index (χ2n) is 11.2. The number of nitrogens with zero attached hydrogens (tertiary/aromatic N) is 1. The first-order valence-electron chi connectivity index (χ1n) is 13.6. The molecule has 0 saturated heterocycles. The summed E-state index contributed by atoms with van der Waals surface area (Å²) in [4.78, 5) is 53.6. The van der Waals surface area contributed by atoms with Gasteiger partial charge in [-0.25, -0.2) is 4.79 Å². The van der Waals surface area contributed by atoms with Crippen molar-refractivity contribution in [3.05, 3.63) is 34.9 Å². The highest BCUT2D eigenvalue weighted by atomic mass is 16.6. The van der Waals surface area contributed by atoms with Gasteiger partial charge in [0.05, 0.1) is 6.42 Å². The van der Waals surface area contributed by atoms with Gasteiger partial charge < -0.3 is 26.0 Å². The smallest absolute Gasteiger partial charge is 0.408 e. The summed E-state index contributed by atoms with van der Waals surface area (Å²) >= 11 is 0. The average Bonchev–Trinajstić information content (AvgIpc) is 2.77. The molecule has 0 bridgehead atoms. The summed E-state index contributed by atoms with van der Waals surface area (Å²) in [6, 6.07) is 3.28. The molecule has 0 spiro atoms. The zero-order valence-corrected chi connectivity index (χ0v) is 24.5. The standard InChI is InChI=1S/C29H48N4O5/c1-9-10-11-12-13-16-33(27(36)23(18-24(30)34)32-28(37)38-29(6,7)8)25(26(35)31-19(2)3)22-15-14-20(4)21(5)17-22/h14-15,17,19,23,25H,9-13,16,18H2,1-8H3,(H2,30,34)(H,31,35)(H,32,37). The number of amides is 4. The van der Waals surface area contributed by atoms with Gasteiger partial charge in [-0.3, -0.25) is 14.4 Å². The molecule has 2 atom stereocenters. The fourth-order valence-electron chi connectivity index (χ4n) is 4.07. The molecule has 0 aliphatic carbocycles. The predicted octanol–water partition coefficient (Wildman–Crippen LogP) is 4.44. The van der Waals surface area contributed by atoms with E-state index in [1.165, 1.54) is 4.90 Å².